The van der Waals surface area contributed by atoms with Gasteiger partial charge in [0.15, 0.2) is 5.78 Å². The molecular formula is C17H16BrClO2. The van der Waals surface area contributed by atoms with Gasteiger partial charge < -0.3 is 4.74 Å². The molecule has 0 aliphatic rings. The van der Waals surface area contributed by atoms with Crippen LogP contribution in [0.4, 0.5) is 0 Å². The van der Waals surface area contributed by atoms with E-state index in [1.54, 1.807) is 25.3 Å². The van der Waals surface area contributed by atoms with Crippen molar-refractivity contribution in [2.24, 2.45) is 0 Å². The summed E-state index contributed by atoms with van der Waals surface area (Å²) in [4.78, 5) is 12.5. The Morgan fingerprint density at radius 2 is 1.81 bits per heavy atom. The first-order valence-corrected chi connectivity index (χ1v) is 7.72. The molecular weight excluding hydrogens is 352 g/mol. The van der Waals surface area contributed by atoms with E-state index < -0.39 is 0 Å². The van der Waals surface area contributed by atoms with Gasteiger partial charge in [0.25, 0.3) is 0 Å². The van der Waals surface area contributed by atoms with Crippen molar-refractivity contribution in [3.8, 4) is 5.75 Å². The van der Waals surface area contributed by atoms with Crippen LogP contribution in [0.1, 0.15) is 27.0 Å². The standard InChI is InChI=1S/C17H16BrClO2/c1-10-6-12(7-11(2)17(10)18)15(20)9-13-8-14(19)4-5-16(13)21-3/h4-8H,9H2,1-3H3. The van der Waals surface area contributed by atoms with Gasteiger partial charge in [-0.25, -0.2) is 0 Å². The quantitative estimate of drug-likeness (QED) is 0.698. The molecule has 0 N–H and O–H groups in total. The largest absolute Gasteiger partial charge is 0.496 e. The van der Waals surface area contributed by atoms with Crippen molar-refractivity contribution in [1.82, 2.24) is 0 Å². The first kappa shape index (κ1) is 16.1. The number of aryl methyl sites for hydroxylation is 2. The van der Waals surface area contributed by atoms with Gasteiger partial charge in [-0.05, 0) is 55.3 Å². The van der Waals surface area contributed by atoms with Crippen molar-refractivity contribution in [2.45, 2.75) is 20.3 Å². The molecule has 0 fully saturated rings. The maximum atomic E-state index is 12.5. The number of halogens is 2. The topological polar surface area (TPSA) is 26.3 Å². The van der Waals surface area contributed by atoms with E-state index in [9.17, 15) is 4.79 Å². The summed E-state index contributed by atoms with van der Waals surface area (Å²) in [5.41, 5.74) is 3.61. The molecule has 0 aromatic heterocycles. The summed E-state index contributed by atoms with van der Waals surface area (Å²) in [7, 11) is 1.59. The van der Waals surface area contributed by atoms with E-state index in [1.807, 2.05) is 26.0 Å². The third-order valence-corrected chi connectivity index (χ3v) is 4.84. The molecule has 0 spiro atoms. The summed E-state index contributed by atoms with van der Waals surface area (Å²) in [6.07, 6.45) is 0.268. The van der Waals surface area contributed by atoms with Gasteiger partial charge >= 0.3 is 0 Å². The summed E-state index contributed by atoms with van der Waals surface area (Å²) in [5.74, 6) is 0.729. The smallest absolute Gasteiger partial charge is 0.167 e. The van der Waals surface area contributed by atoms with Gasteiger partial charge in [-0.3, -0.25) is 4.79 Å². The minimum Gasteiger partial charge on any atom is -0.496 e. The van der Waals surface area contributed by atoms with Crippen LogP contribution in [-0.2, 0) is 6.42 Å². The number of ether oxygens (including phenoxy) is 1. The molecule has 0 saturated carbocycles. The van der Waals surface area contributed by atoms with Crippen molar-refractivity contribution >= 4 is 33.3 Å². The molecule has 0 heterocycles. The molecule has 21 heavy (non-hydrogen) atoms. The predicted octanol–water partition coefficient (Wildman–Crippen LogP) is 5.15. The van der Waals surface area contributed by atoms with Crippen molar-refractivity contribution in [3.63, 3.8) is 0 Å². The van der Waals surface area contributed by atoms with Crippen LogP contribution in [0.25, 0.3) is 0 Å². The van der Waals surface area contributed by atoms with Crippen LogP contribution in [0.2, 0.25) is 5.02 Å². The average Bonchev–Trinajstić information content (AvgIpc) is 2.44. The lowest BCUT2D eigenvalue weighted by Crippen LogP contribution is -2.06. The van der Waals surface area contributed by atoms with Gasteiger partial charge in [0, 0.05) is 27.0 Å². The second-order valence-electron chi connectivity index (χ2n) is 4.98. The highest BCUT2D eigenvalue weighted by Gasteiger charge is 2.13. The van der Waals surface area contributed by atoms with E-state index in [0.29, 0.717) is 16.3 Å². The predicted molar refractivity (Wildman–Crippen MR) is 89.7 cm³/mol. The normalized spacial score (nSPS) is 10.5. The van der Waals surface area contributed by atoms with Crippen LogP contribution in [0, 0.1) is 13.8 Å². The van der Waals surface area contributed by atoms with Gasteiger partial charge in [0.2, 0.25) is 0 Å². The molecule has 4 heteroatoms. The van der Waals surface area contributed by atoms with Gasteiger partial charge in [0.05, 0.1) is 7.11 Å². The van der Waals surface area contributed by atoms with Crippen molar-refractivity contribution < 1.29 is 9.53 Å². The van der Waals surface area contributed by atoms with E-state index in [4.69, 9.17) is 16.3 Å². The number of methoxy groups -OCH3 is 1. The fourth-order valence-electron chi connectivity index (χ4n) is 2.27. The van der Waals surface area contributed by atoms with Crippen LogP contribution in [0.5, 0.6) is 5.75 Å². The minimum atomic E-state index is 0.0502. The third kappa shape index (κ3) is 3.66. The van der Waals surface area contributed by atoms with Crippen molar-refractivity contribution in [2.75, 3.05) is 7.11 Å². The molecule has 2 aromatic carbocycles. The number of rotatable bonds is 4. The summed E-state index contributed by atoms with van der Waals surface area (Å²) in [5, 5.41) is 0.599. The number of Topliss-reactive ketones (excluding diaryl/α,β-unsaturated/α-hetero) is 1. The molecule has 0 radical (unpaired) electrons. The molecule has 0 atom stereocenters. The zero-order chi connectivity index (χ0) is 15.6. The molecule has 0 aliphatic heterocycles. The van der Waals surface area contributed by atoms with E-state index in [2.05, 4.69) is 15.9 Å². The van der Waals surface area contributed by atoms with Gasteiger partial charge in [-0.1, -0.05) is 27.5 Å². The van der Waals surface area contributed by atoms with Crippen LogP contribution < -0.4 is 4.74 Å². The maximum absolute atomic E-state index is 12.5. The molecule has 2 nitrogen and oxygen atoms in total. The Morgan fingerprint density at radius 3 is 2.38 bits per heavy atom. The van der Waals surface area contributed by atoms with E-state index >= 15 is 0 Å². The summed E-state index contributed by atoms with van der Waals surface area (Å²) >= 11 is 9.51. The van der Waals surface area contributed by atoms with Crippen LogP contribution in [-0.4, -0.2) is 12.9 Å². The fourth-order valence-corrected chi connectivity index (χ4v) is 2.69. The Kier molecular flexibility index (Phi) is 5.07. The lowest BCUT2D eigenvalue weighted by molar-refractivity contribution is 0.0992. The van der Waals surface area contributed by atoms with Crippen LogP contribution in [0.3, 0.4) is 0 Å². The van der Waals surface area contributed by atoms with Crippen LogP contribution >= 0.6 is 27.5 Å². The molecule has 0 bridgehead atoms. The molecule has 0 aliphatic carbocycles. The second-order valence-corrected chi connectivity index (χ2v) is 6.21. The second kappa shape index (κ2) is 6.63. The number of ketones is 1. The molecule has 0 unspecified atom stereocenters. The Balaban J connectivity index is 2.32. The Morgan fingerprint density at radius 1 is 1.19 bits per heavy atom. The maximum Gasteiger partial charge on any atom is 0.167 e. The molecule has 110 valence electrons. The van der Waals surface area contributed by atoms with Gasteiger partial charge in [-0.2, -0.15) is 0 Å². The molecule has 0 amide bonds. The Bertz CT molecular complexity index is 672. The number of carbonyl (C=O) groups is 1. The lowest BCUT2D eigenvalue weighted by Gasteiger charge is -2.10. The van der Waals surface area contributed by atoms with E-state index in [0.717, 1.165) is 21.2 Å². The minimum absolute atomic E-state index is 0.0502. The number of benzene rings is 2. The number of hydrogen-bond donors (Lipinski definition) is 0. The van der Waals surface area contributed by atoms with E-state index in [-0.39, 0.29) is 12.2 Å². The Labute approximate surface area is 138 Å². The van der Waals surface area contributed by atoms with Crippen molar-refractivity contribution in [1.29, 1.82) is 0 Å². The van der Waals surface area contributed by atoms with Crippen LogP contribution in [0.15, 0.2) is 34.8 Å². The fraction of sp³-hybridized carbons (Fsp3) is 0.235. The number of hydrogen-bond acceptors (Lipinski definition) is 2. The third-order valence-electron chi connectivity index (χ3n) is 3.35. The highest BCUT2D eigenvalue weighted by Crippen LogP contribution is 2.26. The zero-order valence-corrected chi connectivity index (χ0v) is 14.5. The summed E-state index contributed by atoms with van der Waals surface area (Å²) in [6.45, 7) is 3.96. The highest BCUT2D eigenvalue weighted by molar-refractivity contribution is 9.10. The van der Waals surface area contributed by atoms with Gasteiger partial charge in [-0.15, -0.1) is 0 Å². The molecule has 0 saturated heterocycles. The van der Waals surface area contributed by atoms with Crippen molar-refractivity contribution in [3.05, 3.63) is 62.1 Å². The average molecular weight is 368 g/mol. The SMILES string of the molecule is COc1ccc(Cl)cc1CC(=O)c1cc(C)c(Br)c(C)c1. The first-order chi connectivity index (χ1) is 9.92. The summed E-state index contributed by atoms with van der Waals surface area (Å²) < 4.78 is 6.33. The molecule has 2 rings (SSSR count). The first-order valence-electron chi connectivity index (χ1n) is 6.54. The molecule has 2 aromatic rings. The van der Waals surface area contributed by atoms with E-state index in [1.165, 1.54) is 0 Å². The van der Waals surface area contributed by atoms with Gasteiger partial charge in [0.1, 0.15) is 5.75 Å². The monoisotopic (exact) mass is 366 g/mol. The zero-order valence-electron chi connectivity index (χ0n) is 12.2. The Hall–Kier alpha value is -1.32. The number of carbonyl (C=O) groups excluding carboxylic acids is 1. The lowest BCUT2D eigenvalue weighted by atomic mass is 9.99. The summed E-state index contributed by atoms with van der Waals surface area (Å²) in [6, 6.07) is 9.11. The highest BCUT2D eigenvalue weighted by atomic mass is 79.9.